The number of rotatable bonds is 19. The van der Waals surface area contributed by atoms with Gasteiger partial charge < -0.3 is 33.5 Å². The molecule has 0 spiro atoms. The molecule has 0 aromatic rings. The van der Waals surface area contributed by atoms with Crippen molar-refractivity contribution in [1.29, 1.82) is 0 Å². The van der Waals surface area contributed by atoms with E-state index in [2.05, 4.69) is 105 Å². The first-order valence-corrected chi connectivity index (χ1v) is 16.3. The molecule has 1 atom stereocenters. The molecule has 274 valence electrons. The summed E-state index contributed by atoms with van der Waals surface area (Å²) < 4.78 is 24.3. The summed E-state index contributed by atoms with van der Waals surface area (Å²) in [5.41, 5.74) is 0. The van der Waals surface area contributed by atoms with Crippen molar-refractivity contribution in [2.75, 3.05) is 20.0 Å². The van der Waals surface area contributed by atoms with Crippen LogP contribution in [-0.4, -0.2) is 43.1 Å². The number of nitrogens with one attached hydrogen (secondary N) is 1. The molecule has 0 aromatic carbocycles. The maximum atomic E-state index is 11.8. The molecule has 48 heavy (non-hydrogen) atoms. The van der Waals surface area contributed by atoms with Crippen molar-refractivity contribution in [3.05, 3.63) is 0 Å². The molecular formula is C35H68NNa2O9P. The van der Waals surface area contributed by atoms with E-state index in [0.717, 1.165) is 19.3 Å². The van der Waals surface area contributed by atoms with Crippen LogP contribution < -0.4 is 74.2 Å². The standard InChI is InChI=1S/C18H37O8P.C17H7NO.2Na.13H2/c1-2-3-4-5-6-7-8-9-10-11-12-13-18(20)26-17(14-24-16-19)15-25-27(21,22)23;1-3-4-5-6-7-8-9-10-11-12-13-14-15-16-18-17(2)19;;;;;;;;;;;;;;;/h17,19H,2-16H2,1H3,(H2,21,22,23);1-2H3,(H,18,19);;;13*1H/q;;2*+1;;;;;;;;;;;;;/p-2/t17-;;;;;;;;;;;;;;;;/m0................/s1. The Morgan fingerprint density at radius 3 is 1.60 bits per heavy atom. The van der Waals surface area contributed by atoms with Crippen LogP contribution in [-0.2, 0) is 28.2 Å². The van der Waals surface area contributed by atoms with Crippen molar-refractivity contribution < 1.29 is 121 Å². The summed E-state index contributed by atoms with van der Waals surface area (Å²) >= 11 is 0. The molecule has 0 aliphatic rings. The van der Waals surface area contributed by atoms with Gasteiger partial charge in [0.05, 0.1) is 21.0 Å². The van der Waals surface area contributed by atoms with Crippen LogP contribution in [0.1, 0.15) is 116 Å². The Morgan fingerprint density at radius 1 is 0.750 bits per heavy atom. The van der Waals surface area contributed by atoms with Crippen molar-refractivity contribution >= 4 is 19.7 Å². The zero-order valence-electron chi connectivity index (χ0n) is 28.8. The minimum absolute atomic E-state index is 0. The first-order valence-electron chi connectivity index (χ1n) is 14.9. The van der Waals surface area contributed by atoms with Gasteiger partial charge in [-0.05, 0) is 48.9 Å². The Morgan fingerprint density at radius 2 is 1.19 bits per heavy atom. The zero-order valence-corrected chi connectivity index (χ0v) is 33.7. The Hall–Kier alpha value is -2.11. The minimum Gasteiger partial charge on any atom is -0.790 e. The van der Waals surface area contributed by atoms with E-state index in [9.17, 15) is 23.9 Å². The molecule has 0 aliphatic carbocycles. The molecule has 0 aliphatic heterocycles. The van der Waals surface area contributed by atoms with Gasteiger partial charge >= 0.3 is 65.1 Å². The number of phosphoric acid groups is 1. The number of hydrogen-bond donors (Lipinski definition) is 2. The zero-order chi connectivity index (χ0) is 34.6. The van der Waals surface area contributed by atoms with Gasteiger partial charge in [-0.2, -0.15) is 0 Å². The molecule has 0 fully saturated rings. The van der Waals surface area contributed by atoms with E-state index in [1.165, 1.54) is 51.9 Å². The summed E-state index contributed by atoms with van der Waals surface area (Å²) in [6, 6.07) is 2.34. The molecule has 0 saturated carbocycles. The summed E-state index contributed by atoms with van der Waals surface area (Å²) in [7, 11) is -5.15. The van der Waals surface area contributed by atoms with E-state index in [4.69, 9.17) is 9.84 Å². The molecule has 0 radical (unpaired) electrons. The number of carbonyl (C=O) groups excluding carboxylic acids is 2. The Balaban J connectivity index is -0.0000000350. The molecule has 0 rings (SSSR count). The van der Waals surface area contributed by atoms with Crippen molar-refractivity contribution in [2.24, 2.45) is 0 Å². The van der Waals surface area contributed by atoms with Crippen LogP contribution >= 0.6 is 7.82 Å². The predicted molar refractivity (Wildman–Crippen MR) is 199 cm³/mol. The first kappa shape index (κ1) is 52.7. The second-order valence-electron chi connectivity index (χ2n) is 9.20. The van der Waals surface area contributed by atoms with E-state index < -0.39 is 33.3 Å². The molecule has 1 amide bonds. The summed E-state index contributed by atoms with van der Waals surface area (Å²) in [6.07, 6.45) is 12.0. The van der Waals surface area contributed by atoms with Gasteiger partial charge in [0.25, 0.3) is 0 Å². The molecule has 0 heterocycles. The largest absolute Gasteiger partial charge is 1.00 e. The SMILES string of the molecule is CC#CC#CC#CC#CC#CC#CC#CNC(C)=O.CCCCCCCCCCCCCC(=O)O[C@@H](COCO)COP(=O)([O-])[O-].[HH].[HH].[HH].[HH].[HH].[HH].[HH].[HH].[HH].[HH].[HH].[HH].[HH].[Na+].[Na+]. The Kier molecular flexibility index (Phi) is 45.1. The number of esters is 1. The monoisotopic (exact) mass is 723 g/mol. The fourth-order valence-corrected chi connectivity index (χ4v) is 3.53. The van der Waals surface area contributed by atoms with Gasteiger partial charge in [-0.15, -0.1) is 0 Å². The normalized spacial score (nSPS) is 9.12. The number of unbranched alkanes of at least 4 members (excludes halogenated alkanes) is 10. The number of hydrogen-bond acceptors (Lipinski definition) is 9. The molecule has 0 bridgehead atoms. The van der Waals surface area contributed by atoms with Crippen LogP contribution in [0.5, 0.6) is 0 Å². The van der Waals surface area contributed by atoms with Crippen LogP contribution in [0.15, 0.2) is 0 Å². The van der Waals surface area contributed by atoms with Crippen LogP contribution in [0.4, 0.5) is 0 Å². The van der Waals surface area contributed by atoms with E-state index in [0.29, 0.717) is 6.42 Å². The van der Waals surface area contributed by atoms with Crippen LogP contribution in [0.3, 0.4) is 0 Å². The Labute approximate surface area is 350 Å². The first-order chi connectivity index (χ1) is 22.2. The smallest absolute Gasteiger partial charge is 0.790 e. The van der Waals surface area contributed by atoms with Gasteiger partial charge in [0.1, 0.15) is 12.9 Å². The second-order valence-corrected chi connectivity index (χ2v) is 10.3. The third-order valence-corrected chi connectivity index (χ3v) is 5.67. The summed E-state index contributed by atoms with van der Waals surface area (Å²) in [6.45, 7) is 3.79. The number of aliphatic hydroxyl groups is 1. The number of ether oxygens (including phenoxy) is 2. The molecule has 0 unspecified atom stereocenters. The van der Waals surface area contributed by atoms with Gasteiger partial charge in [0.15, 0.2) is 0 Å². The van der Waals surface area contributed by atoms with E-state index in [1.807, 2.05) is 0 Å². The van der Waals surface area contributed by atoms with Gasteiger partial charge in [0.2, 0.25) is 5.91 Å². The third kappa shape index (κ3) is 48.3. The summed E-state index contributed by atoms with van der Waals surface area (Å²) in [5.74, 6) is 31.6. The Bertz CT molecular complexity index is 1430. The van der Waals surface area contributed by atoms with Crippen molar-refractivity contribution in [1.82, 2.24) is 5.32 Å². The molecule has 2 N–H and O–H groups in total. The molecule has 10 nitrogen and oxygen atoms in total. The third-order valence-electron chi connectivity index (χ3n) is 5.21. The van der Waals surface area contributed by atoms with Crippen LogP contribution in [0.25, 0.3) is 0 Å². The summed E-state index contributed by atoms with van der Waals surface area (Å²) in [4.78, 5) is 43.2. The predicted octanol–water partition coefficient (Wildman–Crippen LogP) is -0.259. The average Bonchev–Trinajstić information content (AvgIpc) is 3.01. The van der Waals surface area contributed by atoms with Gasteiger partial charge in [0, 0.05) is 73.5 Å². The van der Waals surface area contributed by atoms with Crippen LogP contribution in [0, 0.1) is 83.0 Å². The maximum absolute atomic E-state index is 11.8. The fourth-order valence-electron chi connectivity index (χ4n) is 3.18. The summed E-state index contributed by atoms with van der Waals surface area (Å²) in [5, 5.41) is 10.9. The molecule has 13 heteroatoms. The number of aliphatic hydroxyl groups excluding tert-OH is 1. The van der Waals surface area contributed by atoms with Gasteiger partial charge in [-0.25, -0.2) is 0 Å². The number of amides is 1. The van der Waals surface area contributed by atoms with E-state index in [1.54, 1.807) is 6.92 Å². The van der Waals surface area contributed by atoms with Crippen molar-refractivity contribution in [2.45, 2.75) is 104 Å². The molecule has 0 aromatic heterocycles. The average molecular weight is 724 g/mol. The minimum atomic E-state index is -5.15. The number of phosphoric ester groups is 1. The van der Waals surface area contributed by atoms with Crippen molar-refractivity contribution in [3.8, 4) is 83.0 Å². The van der Waals surface area contributed by atoms with Crippen LogP contribution in [0.2, 0.25) is 0 Å². The second kappa shape index (κ2) is 41.1. The van der Waals surface area contributed by atoms with E-state index in [-0.39, 0.29) is 96.6 Å². The molecular weight excluding hydrogens is 655 g/mol. The quantitative estimate of drug-likeness (QED) is 0.0349. The van der Waals surface area contributed by atoms with E-state index >= 15 is 0 Å². The maximum Gasteiger partial charge on any atom is 1.00 e. The topological polar surface area (TPSA) is 157 Å². The van der Waals surface area contributed by atoms with Gasteiger partial charge in [-0.1, -0.05) is 77.1 Å². The molecule has 0 saturated heterocycles. The van der Waals surface area contributed by atoms with Crippen molar-refractivity contribution in [3.63, 3.8) is 0 Å². The fraction of sp³-hybridized carbons (Fsp3) is 0.543. The number of carbonyl (C=O) groups is 2. The van der Waals surface area contributed by atoms with Gasteiger partial charge in [-0.3, -0.25) is 14.9 Å².